The van der Waals surface area contributed by atoms with Crippen molar-refractivity contribution in [3.8, 4) is 11.5 Å². The van der Waals surface area contributed by atoms with Crippen molar-refractivity contribution in [1.82, 2.24) is 5.01 Å². The number of benzene rings is 1. The maximum atomic E-state index is 13.5. The predicted molar refractivity (Wildman–Crippen MR) is 141 cm³/mol. The monoisotopic (exact) mass is 542 g/mol. The standard InChI is InChI=1S/C28H31ClN2O5S/c1-34-22-6-5-19(9-23(22)35-2)21-10-20(24-4-3-7-37-24)30-31(21)25(32)15-36-26(33)27-11-17-8-18(12-27)14-28(29,13-17)16-27/h3-7,9,17-18,21H,8,10-16H2,1-2H3/t17-,18+,21-,27?,28?/m1/s1. The highest BCUT2D eigenvalue weighted by atomic mass is 35.5. The van der Waals surface area contributed by atoms with Crippen LogP contribution < -0.4 is 9.47 Å². The number of hydrogen-bond acceptors (Lipinski definition) is 7. The number of halogens is 1. The minimum atomic E-state index is -0.550. The highest BCUT2D eigenvalue weighted by Gasteiger charge is 2.61. The van der Waals surface area contributed by atoms with Crippen LogP contribution in [-0.2, 0) is 14.3 Å². The van der Waals surface area contributed by atoms with Gasteiger partial charge in [-0.05, 0) is 79.5 Å². The summed E-state index contributed by atoms with van der Waals surface area (Å²) in [4.78, 5) is 27.6. The first-order valence-electron chi connectivity index (χ1n) is 12.8. The Kier molecular flexibility index (Phi) is 6.23. The minimum Gasteiger partial charge on any atom is -0.493 e. The molecule has 0 spiro atoms. The number of nitrogens with zero attached hydrogens (tertiary/aromatic N) is 2. The van der Waals surface area contributed by atoms with Gasteiger partial charge in [-0.3, -0.25) is 9.59 Å². The van der Waals surface area contributed by atoms with Crippen molar-refractivity contribution in [2.24, 2.45) is 22.4 Å². The lowest BCUT2D eigenvalue weighted by atomic mass is 9.49. The lowest BCUT2D eigenvalue weighted by Gasteiger charge is -2.58. The smallest absolute Gasteiger partial charge is 0.312 e. The Bertz CT molecular complexity index is 1230. The molecule has 9 heteroatoms. The van der Waals surface area contributed by atoms with Crippen LogP contribution in [-0.4, -0.2) is 48.3 Å². The fraction of sp³-hybridized carbons (Fsp3) is 0.536. The molecule has 1 amide bonds. The van der Waals surface area contributed by atoms with Crippen LogP contribution in [0.2, 0.25) is 0 Å². The number of carbonyl (C=O) groups is 2. The molecule has 4 fully saturated rings. The molecule has 7 rings (SSSR count). The van der Waals surface area contributed by atoms with E-state index < -0.39 is 5.41 Å². The van der Waals surface area contributed by atoms with Crippen LogP contribution in [0.4, 0.5) is 0 Å². The van der Waals surface area contributed by atoms with E-state index in [2.05, 4.69) is 0 Å². The Morgan fingerprint density at radius 2 is 1.86 bits per heavy atom. The van der Waals surface area contributed by atoms with Crippen LogP contribution in [0, 0.1) is 17.3 Å². The zero-order chi connectivity index (χ0) is 25.8. The Morgan fingerprint density at radius 1 is 1.11 bits per heavy atom. The van der Waals surface area contributed by atoms with Gasteiger partial charge in [0.1, 0.15) is 0 Å². The lowest BCUT2D eigenvalue weighted by Crippen LogP contribution is -2.56. The second-order valence-corrected chi connectivity index (χ2v) is 12.8. The largest absolute Gasteiger partial charge is 0.493 e. The van der Waals surface area contributed by atoms with Gasteiger partial charge in [-0.15, -0.1) is 22.9 Å². The summed E-state index contributed by atoms with van der Waals surface area (Å²) in [7, 11) is 3.17. The van der Waals surface area contributed by atoms with E-state index in [0.29, 0.717) is 36.2 Å². The lowest BCUT2D eigenvalue weighted by molar-refractivity contribution is -0.173. The highest BCUT2D eigenvalue weighted by Crippen LogP contribution is 2.64. The molecule has 4 aliphatic carbocycles. The van der Waals surface area contributed by atoms with Gasteiger partial charge in [0, 0.05) is 11.3 Å². The van der Waals surface area contributed by atoms with Gasteiger partial charge in [0.15, 0.2) is 18.1 Å². The van der Waals surface area contributed by atoms with Gasteiger partial charge in [-0.2, -0.15) is 5.10 Å². The van der Waals surface area contributed by atoms with Gasteiger partial charge in [-0.1, -0.05) is 12.1 Å². The van der Waals surface area contributed by atoms with Crippen molar-refractivity contribution >= 4 is 40.5 Å². The van der Waals surface area contributed by atoms with Crippen molar-refractivity contribution in [2.75, 3.05) is 20.8 Å². The van der Waals surface area contributed by atoms with Crippen LogP contribution in [0.1, 0.15) is 61.4 Å². The zero-order valence-electron chi connectivity index (χ0n) is 21.1. The molecule has 5 aliphatic rings. The fourth-order valence-corrected chi connectivity index (χ4v) is 8.80. The normalized spacial score (nSPS) is 31.8. The zero-order valence-corrected chi connectivity index (χ0v) is 22.6. The Hall–Kier alpha value is -2.58. The molecule has 0 saturated heterocycles. The van der Waals surface area contributed by atoms with Crippen molar-refractivity contribution in [3.63, 3.8) is 0 Å². The minimum absolute atomic E-state index is 0.274. The van der Waals surface area contributed by atoms with E-state index in [9.17, 15) is 9.59 Å². The molecule has 4 bridgehead atoms. The Labute approximate surface area is 225 Å². The second kappa shape index (κ2) is 9.31. The highest BCUT2D eigenvalue weighted by molar-refractivity contribution is 7.12. The number of thiophene rings is 1. The van der Waals surface area contributed by atoms with Crippen LogP contribution in [0.25, 0.3) is 0 Å². The summed E-state index contributed by atoms with van der Waals surface area (Å²) >= 11 is 8.49. The van der Waals surface area contributed by atoms with E-state index in [1.165, 1.54) is 5.01 Å². The number of alkyl halides is 1. The van der Waals surface area contributed by atoms with Gasteiger partial charge in [0.05, 0.1) is 36.3 Å². The fourth-order valence-electron chi connectivity index (χ4n) is 7.39. The third-order valence-electron chi connectivity index (χ3n) is 8.51. The number of esters is 1. The van der Waals surface area contributed by atoms with Gasteiger partial charge in [0.25, 0.3) is 5.91 Å². The molecule has 7 nitrogen and oxygen atoms in total. The Morgan fingerprint density at radius 3 is 2.51 bits per heavy atom. The average Bonchev–Trinajstić information content (AvgIpc) is 3.55. The van der Waals surface area contributed by atoms with Crippen molar-refractivity contribution in [1.29, 1.82) is 0 Å². The molecule has 196 valence electrons. The van der Waals surface area contributed by atoms with E-state index in [0.717, 1.165) is 48.3 Å². The van der Waals surface area contributed by atoms with E-state index >= 15 is 0 Å². The van der Waals surface area contributed by atoms with Crippen LogP contribution in [0.3, 0.4) is 0 Å². The van der Waals surface area contributed by atoms with Gasteiger partial charge < -0.3 is 14.2 Å². The number of rotatable bonds is 7. The first kappa shape index (κ1) is 24.7. The van der Waals surface area contributed by atoms with E-state index in [1.54, 1.807) is 25.6 Å². The molecule has 1 aromatic heterocycles. The first-order valence-corrected chi connectivity index (χ1v) is 14.1. The molecule has 2 aromatic rings. The number of methoxy groups -OCH3 is 2. The van der Waals surface area contributed by atoms with Crippen LogP contribution >= 0.6 is 22.9 Å². The molecule has 0 N–H and O–H groups in total. The second-order valence-electron chi connectivity index (χ2n) is 11.1. The number of hydrazone groups is 1. The molecule has 1 aliphatic heterocycles. The molecular formula is C28H31ClN2O5S. The van der Waals surface area contributed by atoms with E-state index in [4.69, 9.17) is 30.9 Å². The quantitative estimate of drug-likeness (QED) is 0.338. The number of ether oxygens (including phenoxy) is 3. The van der Waals surface area contributed by atoms with Crippen molar-refractivity contribution in [2.45, 2.75) is 55.9 Å². The van der Waals surface area contributed by atoms with Crippen molar-refractivity contribution < 1.29 is 23.8 Å². The summed E-state index contributed by atoms with van der Waals surface area (Å²) in [6, 6.07) is 9.25. The van der Waals surface area contributed by atoms with Crippen LogP contribution in [0.15, 0.2) is 40.8 Å². The summed E-state index contributed by atoms with van der Waals surface area (Å²) in [5, 5.41) is 8.15. The molecule has 2 heterocycles. The van der Waals surface area contributed by atoms with Gasteiger partial charge in [-0.25, -0.2) is 5.01 Å². The predicted octanol–water partition coefficient (Wildman–Crippen LogP) is 5.56. The Balaban J connectivity index is 1.21. The van der Waals surface area contributed by atoms with Crippen LogP contribution in [0.5, 0.6) is 11.5 Å². The number of carbonyl (C=O) groups excluding carboxylic acids is 2. The summed E-state index contributed by atoms with van der Waals surface area (Å²) in [6.45, 7) is -0.337. The van der Waals surface area contributed by atoms with E-state index in [1.807, 2.05) is 35.7 Å². The topological polar surface area (TPSA) is 77.4 Å². The molecule has 1 aromatic carbocycles. The maximum Gasteiger partial charge on any atom is 0.312 e. The van der Waals surface area contributed by atoms with Gasteiger partial charge in [0.2, 0.25) is 0 Å². The molecule has 37 heavy (non-hydrogen) atoms. The summed E-state index contributed by atoms with van der Waals surface area (Å²) in [6.07, 6.45) is 5.98. The summed E-state index contributed by atoms with van der Waals surface area (Å²) in [5.74, 6) is 1.54. The molecular weight excluding hydrogens is 512 g/mol. The summed E-state index contributed by atoms with van der Waals surface area (Å²) in [5.41, 5.74) is 1.16. The first-order chi connectivity index (χ1) is 17.8. The van der Waals surface area contributed by atoms with E-state index in [-0.39, 0.29) is 29.4 Å². The molecule has 4 saturated carbocycles. The number of amides is 1. The third kappa shape index (κ3) is 4.42. The van der Waals surface area contributed by atoms with Gasteiger partial charge >= 0.3 is 5.97 Å². The maximum absolute atomic E-state index is 13.5. The van der Waals surface area contributed by atoms with Crippen molar-refractivity contribution in [3.05, 3.63) is 46.2 Å². The molecule has 2 unspecified atom stereocenters. The average molecular weight is 543 g/mol. The SMILES string of the molecule is COc1ccc([C@H]2CC(c3cccs3)=NN2C(=O)COC(=O)C23C[C@@H]4C[C@@H](CC(Cl)(C4)C2)C3)cc1OC. The molecule has 0 radical (unpaired) electrons. The third-order valence-corrected chi connectivity index (χ3v) is 9.87. The number of hydrogen-bond donors (Lipinski definition) is 0. The molecule has 5 atom stereocenters. The summed E-state index contributed by atoms with van der Waals surface area (Å²) < 4.78 is 16.6.